The molecule has 3 N–H and O–H groups in total. The van der Waals surface area contributed by atoms with E-state index in [2.05, 4.69) is 5.32 Å². The van der Waals surface area contributed by atoms with Crippen LogP contribution in [-0.4, -0.2) is 41.9 Å². The van der Waals surface area contributed by atoms with Crippen LogP contribution in [0.2, 0.25) is 0 Å². The quantitative estimate of drug-likeness (QED) is 0.703. The maximum Gasteiger partial charge on any atom is 0.325 e. The fourth-order valence-corrected chi connectivity index (χ4v) is 1.91. The van der Waals surface area contributed by atoms with Crippen molar-refractivity contribution in [2.24, 2.45) is 0 Å². The second-order valence-corrected chi connectivity index (χ2v) is 4.27. The molecular formula is C13H15NO6. The monoisotopic (exact) mass is 281 g/mol. The number of hydrogen-bond acceptors (Lipinski definition) is 5. The first-order valence-corrected chi connectivity index (χ1v) is 6.15. The van der Waals surface area contributed by atoms with Gasteiger partial charge in [-0.3, -0.25) is 9.59 Å². The summed E-state index contributed by atoms with van der Waals surface area (Å²) in [4.78, 5) is 21.7. The summed E-state index contributed by atoms with van der Waals surface area (Å²) in [7, 11) is 0. The van der Waals surface area contributed by atoms with E-state index in [1.54, 1.807) is 18.2 Å². The smallest absolute Gasteiger partial charge is 0.325 e. The molecule has 7 nitrogen and oxygen atoms in total. The van der Waals surface area contributed by atoms with Crippen LogP contribution in [0.1, 0.15) is 18.0 Å². The normalized spacial score (nSPS) is 14.6. The topological polar surface area (TPSA) is 105 Å². The van der Waals surface area contributed by atoms with E-state index in [9.17, 15) is 14.7 Å². The van der Waals surface area contributed by atoms with Crippen molar-refractivity contribution < 1.29 is 29.3 Å². The summed E-state index contributed by atoms with van der Waals surface area (Å²) in [6, 6.07) is 3.89. The minimum atomic E-state index is -1.08. The van der Waals surface area contributed by atoms with Crippen LogP contribution < -0.4 is 14.8 Å². The third-order valence-corrected chi connectivity index (χ3v) is 2.83. The summed E-state index contributed by atoms with van der Waals surface area (Å²) in [5.74, 6) is -0.981. The highest BCUT2D eigenvalue weighted by atomic mass is 16.6. The van der Waals surface area contributed by atoms with Crippen molar-refractivity contribution in [1.29, 1.82) is 0 Å². The van der Waals surface area contributed by atoms with Gasteiger partial charge in [-0.2, -0.15) is 0 Å². The highest BCUT2D eigenvalue weighted by molar-refractivity contribution is 5.76. The van der Waals surface area contributed by atoms with Gasteiger partial charge in [0.25, 0.3) is 0 Å². The van der Waals surface area contributed by atoms with Crippen LogP contribution in [0.3, 0.4) is 0 Å². The molecule has 2 rings (SSSR count). The third kappa shape index (κ3) is 3.39. The minimum Gasteiger partial charge on any atom is -0.486 e. The molecule has 0 radical (unpaired) electrons. The zero-order valence-corrected chi connectivity index (χ0v) is 10.7. The second kappa shape index (κ2) is 6.25. The molecule has 1 heterocycles. The van der Waals surface area contributed by atoms with E-state index in [-0.39, 0.29) is 13.0 Å². The molecule has 1 atom stereocenters. The zero-order valence-electron chi connectivity index (χ0n) is 10.7. The Bertz CT molecular complexity index is 516. The van der Waals surface area contributed by atoms with Gasteiger partial charge < -0.3 is 25.0 Å². The number of hydrogen-bond donors (Lipinski definition) is 3. The average Bonchev–Trinajstić information content (AvgIpc) is 2.42. The van der Waals surface area contributed by atoms with Crippen molar-refractivity contribution in [3.63, 3.8) is 0 Å². The number of carbonyl (C=O) groups is 2. The lowest BCUT2D eigenvalue weighted by Crippen LogP contribution is -2.30. The molecule has 0 fully saturated rings. The average molecular weight is 281 g/mol. The van der Waals surface area contributed by atoms with Crippen molar-refractivity contribution in [3.05, 3.63) is 23.8 Å². The summed E-state index contributed by atoms with van der Waals surface area (Å²) in [5.41, 5.74) is 0.493. The maximum atomic E-state index is 11.3. The van der Waals surface area contributed by atoms with Gasteiger partial charge in [0.15, 0.2) is 11.5 Å². The standard InChI is InChI=1S/C13H15NO6/c15-11(16)3-4-14-12(13(17)18)8-1-2-9-10(7-8)20-6-5-19-9/h1-2,7,12,14H,3-6H2,(H,15,16)(H,17,18). The predicted molar refractivity (Wildman–Crippen MR) is 68.1 cm³/mol. The third-order valence-electron chi connectivity index (χ3n) is 2.83. The molecule has 0 saturated carbocycles. The van der Waals surface area contributed by atoms with Gasteiger partial charge in [0, 0.05) is 6.54 Å². The van der Waals surface area contributed by atoms with Gasteiger partial charge >= 0.3 is 11.9 Å². The molecule has 1 aromatic carbocycles. The highest BCUT2D eigenvalue weighted by Crippen LogP contribution is 2.32. The molecule has 0 aromatic heterocycles. The van der Waals surface area contributed by atoms with E-state index >= 15 is 0 Å². The van der Waals surface area contributed by atoms with Gasteiger partial charge in [0.1, 0.15) is 19.3 Å². The summed E-state index contributed by atoms with van der Waals surface area (Å²) >= 11 is 0. The SMILES string of the molecule is O=C(O)CCNC(C(=O)O)c1ccc2c(c1)OCCO2. The molecule has 0 spiro atoms. The van der Waals surface area contributed by atoms with Crippen molar-refractivity contribution in [2.45, 2.75) is 12.5 Å². The number of nitrogens with one attached hydrogen (secondary N) is 1. The van der Waals surface area contributed by atoms with E-state index < -0.39 is 18.0 Å². The number of rotatable bonds is 6. The first-order valence-electron chi connectivity index (χ1n) is 6.15. The number of aliphatic carboxylic acids is 2. The molecule has 0 bridgehead atoms. The Morgan fingerprint density at radius 2 is 1.90 bits per heavy atom. The van der Waals surface area contributed by atoms with Crippen LogP contribution in [0.5, 0.6) is 11.5 Å². The van der Waals surface area contributed by atoms with Crippen LogP contribution in [-0.2, 0) is 9.59 Å². The van der Waals surface area contributed by atoms with Gasteiger partial charge in [-0.1, -0.05) is 6.07 Å². The molecule has 0 aliphatic carbocycles. The van der Waals surface area contributed by atoms with E-state index in [0.29, 0.717) is 30.3 Å². The van der Waals surface area contributed by atoms with E-state index in [0.717, 1.165) is 0 Å². The number of fused-ring (bicyclic) bond motifs is 1. The maximum absolute atomic E-state index is 11.3. The Kier molecular flexibility index (Phi) is 4.41. The van der Waals surface area contributed by atoms with Gasteiger partial charge in [-0.05, 0) is 17.7 Å². The number of ether oxygens (including phenoxy) is 2. The number of benzene rings is 1. The summed E-state index contributed by atoms with van der Waals surface area (Å²) < 4.78 is 10.8. The zero-order chi connectivity index (χ0) is 14.5. The van der Waals surface area contributed by atoms with E-state index in [1.165, 1.54) is 0 Å². The lowest BCUT2D eigenvalue weighted by Gasteiger charge is -2.21. The fourth-order valence-electron chi connectivity index (χ4n) is 1.91. The molecule has 7 heteroatoms. The van der Waals surface area contributed by atoms with Gasteiger partial charge in [0.05, 0.1) is 6.42 Å². The van der Waals surface area contributed by atoms with Crippen molar-refractivity contribution >= 4 is 11.9 Å². The fraction of sp³-hybridized carbons (Fsp3) is 0.385. The number of carboxylic acid groups (broad SMARTS) is 2. The Hall–Kier alpha value is -2.28. The van der Waals surface area contributed by atoms with Crippen LogP contribution >= 0.6 is 0 Å². The molecule has 1 unspecified atom stereocenters. The minimum absolute atomic E-state index is 0.0702. The molecule has 1 aliphatic heterocycles. The summed E-state index contributed by atoms with van der Waals surface area (Å²) in [6.07, 6.45) is -0.145. The van der Waals surface area contributed by atoms with E-state index in [1.807, 2.05) is 0 Å². The lowest BCUT2D eigenvalue weighted by molar-refractivity contribution is -0.141. The Labute approximate surface area is 115 Å². The summed E-state index contributed by atoms with van der Waals surface area (Å²) in [6.45, 7) is 0.951. The Morgan fingerprint density at radius 1 is 1.20 bits per heavy atom. The van der Waals surface area contributed by atoms with Crippen LogP contribution in [0, 0.1) is 0 Å². The summed E-state index contributed by atoms with van der Waals surface area (Å²) in [5, 5.41) is 20.5. The van der Waals surface area contributed by atoms with Crippen LogP contribution in [0.15, 0.2) is 18.2 Å². The second-order valence-electron chi connectivity index (χ2n) is 4.27. The first kappa shape index (κ1) is 14.1. The Balaban J connectivity index is 2.12. The lowest BCUT2D eigenvalue weighted by atomic mass is 10.1. The molecular weight excluding hydrogens is 266 g/mol. The van der Waals surface area contributed by atoms with Crippen LogP contribution in [0.4, 0.5) is 0 Å². The first-order chi connectivity index (χ1) is 9.58. The molecule has 20 heavy (non-hydrogen) atoms. The van der Waals surface area contributed by atoms with Crippen molar-refractivity contribution in [1.82, 2.24) is 5.32 Å². The Morgan fingerprint density at radius 3 is 2.55 bits per heavy atom. The number of carboxylic acids is 2. The molecule has 1 aromatic rings. The molecule has 0 saturated heterocycles. The van der Waals surface area contributed by atoms with Gasteiger partial charge in [0.2, 0.25) is 0 Å². The van der Waals surface area contributed by atoms with E-state index in [4.69, 9.17) is 14.6 Å². The van der Waals surface area contributed by atoms with Crippen LogP contribution in [0.25, 0.3) is 0 Å². The van der Waals surface area contributed by atoms with Gasteiger partial charge in [-0.25, -0.2) is 0 Å². The highest BCUT2D eigenvalue weighted by Gasteiger charge is 2.22. The molecule has 108 valence electrons. The van der Waals surface area contributed by atoms with Gasteiger partial charge in [-0.15, -0.1) is 0 Å². The molecule has 1 aliphatic rings. The van der Waals surface area contributed by atoms with Crippen molar-refractivity contribution in [3.8, 4) is 11.5 Å². The van der Waals surface area contributed by atoms with Crippen molar-refractivity contribution in [2.75, 3.05) is 19.8 Å². The molecule has 0 amide bonds. The largest absolute Gasteiger partial charge is 0.486 e. The predicted octanol–water partition coefficient (Wildman–Crippen LogP) is 0.648.